The number of benzene rings is 1. The van der Waals surface area contributed by atoms with E-state index in [9.17, 15) is 0 Å². The maximum atomic E-state index is 2.48. The summed E-state index contributed by atoms with van der Waals surface area (Å²) in [5, 5.41) is 0. The van der Waals surface area contributed by atoms with Gasteiger partial charge in [0, 0.05) is 18.5 Å². The van der Waals surface area contributed by atoms with Crippen LogP contribution in [0, 0.1) is 0 Å². The molecule has 0 atom stereocenters. The summed E-state index contributed by atoms with van der Waals surface area (Å²) in [6, 6.07) is 7.14. The van der Waals surface area contributed by atoms with Crippen LogP contribution in [0.25, 0.3) is 0 Å². The van der Waals surface area contributed by atoms with Crippen molar-refractivity contribution >= 4 is 0 Å². The maximum Gasteiger partial charge on any atom is 0.0234 e. The molecule has 0 bridgehead atoms. The van der Waals surface area contributed by atoms with Crippen molar-refractivity contribution in [2.45, 2.75) is 38.1 Å². The number of aryl methyl sites for hydroxylation is 1. The Morgan fingerprint density at radius 3 is 2.80 bits per heavy atom. The fourth-order valence-corrected chi connectivity index (χ4v) is 3.04. The lowest BCUT2D eigenvalue weighted by molar-refractivity contribution is 0.271. The number of nitrogens with zero attached hydrogens (tertiary/aromatic N) is 1. The average molecular weight is 201 g/mol. The molecule has 1 aromatic carbocycles. The Balaban J connectivity index is 2.07. The van der Waals surface area contributed by atoms with Crippen molar-refractivity contribution in [1.29, 1.82) is 0 Å². The number of fused-ring (bicyclic) bond motifs is 2. The molecule has 1 aliphatic carbocycles. The lowest BCUT2D eigenvalue weighted by Crippen LogP contribution is -2.35. The van der Waals surface area contributed by atoms with Gasteiger partial charge in [-0.2, -0.15) is 0 Å². The van der Waals surface area contributed by atoms with E-state index in [-0.39, 0.29) is 0 Å². The van der Waals surface area contributed by atoms with E-state index in [1.165, 1.54) is 24.9 Å². The third kappa shape index (κ3) is 1.41. The first-order valence-corrected chi connectivity index (χ1v) is 6.04. The first kappa shape index (κ1) is 9.41. The van der Waals surface area contributed by atoms with Crippen molar-refractivity contribution in [3.8, 4) is 0 Å². The van der Waals surface area contributed by atoms with Crippen LogP contribution in [0.15, 0.2) is 18.2 Å². The summed E-state index contributed by atoms with van der Waals surface area (Å²) in [6.07, 6.45) is 3.95. The lowest BCUT2D eigenvalue weighted by atomic mass is 9.86. The van der Waals surface area contributed by atoms with Crippen molar-refractivity contribution < 1.29 is 0 Å². The zero-order valence-corrected chi connectivity index (χ0v) is 9.71. The van der Waals surface area contributed by atoms with Crippen LogP contribution in [-0.4, -0.2) is 18.5 Å². The number of hydrogen-bond donors (Lipinski definition) is 0. The predicted molar refractivity (Wildman–Crippen MR) is 63.1 cm³/mol. The molecule has 0 N–H and O–H groups in total. The monoisotopic (exact) mass is 201 g/mol. The van der Waals surface area contributed by atoms with Crippen molar-refractivity contribution in [1.82, 2.24) is 4.90 Å². The lowest BCUT2D eigenvalue weighted by Gasteiger charge is -2.32. The van der Waals surface area contributed by atoms with E-state index < -0.39 is 0 Å². The molecule has 0 aromatic heterocycles. The highest BCUT2D eigenvalue weighted by atomic mass is 15.1. The molecule has 1 heterocycles. The molecular weight excluding hydrogens is 182 g/mol. The first-order chi connectivity index (χ1) is 7.23. The molecule has 0 saturated heterocycles. The molecule has 2 aliphatic rings. The molecule has 1 aromatic rings. The second-order valence-corrected chi connectivity index (χ2v) is 5.30. The summed E-state index contributed by atoms with van der Waals surface area (Å²) in [5.74, 6) is 0. The summed E-state index contributed by atoms with van der Waals surface area (Å²) in [5.41, 5.74) is 5.27. The second-order valence-electron chi connectivity index (χ2n) is 5.30. The second kappa shape index (κ2) is 3.08. The molecule has 80 valence electrons. The SMILES string of the molecule is CCc1ccc2c(c1)CN(C)CC21CC1. The normalized spacial score (nSPS) is 22.8. The van der Waals surface area contributed by atoms with Crippen LogP contribution in [0.3, 0.4) is 0 Å². The Bertz CT molecular complexity index is 390. The van der Waals surface area contributed by atoms with Crippen LogP contribution in [-0.2, 0) is 18.4 Å². The van der Waals surface area contributed by atoms with Gasteiger partial charge < -0.3 is 4.90 Å². The predicted octanol–water partition coefficient (Wildman–Crippen LogP) is 2.73. The van der Waals surface area contributed by atoms with Crippen LogP contribution >= 0.6 is 0 Å². The standard InChI is InChI=1S/C14H19N/c1-3-11-4-5-13-12(8-11)9-15(2)10-14(13)6-7-14/h4-5,8H,3,6-7,9-10H2,1-2H3. The smallest absolute Gasteiger partial charge is 0.0234 e. The molecule has 15 heavy (non-hydrogen) atoms. The van der Waals surface area contributed by atoms with Crippen LogP contribution < -0.4 is 0 Å². The van der Waals surface area contributed by atoms with E-state index >= 15 is 0 Å². The zero-order valence-electron chi connectivity index (χ0n) is 9.71. The highest BCUT2D eigenvalue weighted by Crippen LogP contribution is 2.52. The van der Waals surface area contributed by atoms with Crippen molar-refractivity contribution in [3.63, 3.8) is 0 Å². The van der Waals surface area contributed by atoms with Crippen molar-refractivity contribution in [2.24, 2.45) is 0 Å². The van der Waals surface area contributed by atoms with Gasteiger partial charge in [0.15, 0.2) is 0 Å². The molecule has 1 fully saturated rings. The van der Waals surface area contributed by atoms with Gasteiger partial charge >= 0.3 is 0 Å². The molecule has 0 radical (unpaired) electrons. The number of likely N-dealkylation sites (N-methyl/N-ethyl adjacent to an activating group) is 1. The quantitative estimate of drug-likeness (QED) is 0.675. The Morgan fingerprint density at radius 1 is 1.33 bits per heavy atom. The van der Waals surface area contributed by atoms with Gasteiger partial charge in [-0.15, -0.1) is 0 Å². The van der Waals surface area contributed by atoms with Gasteiger partial charge in [-0.3, -0.25) is 0 Å². The van der Waals surface area contributed by atoms with E-state index in [0.717, 1.165) is 13.0 Å². The third-order valence-corrected chi connectivity index (χ3v) is 4.02. The highest BCUT2D eigenvalue weighted by Gasteiger charge is 2.48. The minimum atomic E-state index is 0.550. The summed E-state index contributed by atoms with van der Waals surface area (Å²) < 4.78 is 0. The van der Waals surface area contributed by atoms with E-state index in [4.69, 9.17) is 0 Å². The molecule has 3 rings (SSSR count). The Morgan fingerprint density at radius 2 is 2.13 bits per heavy atom. The minimum absolute atomic E-state index is 0.550. The van der Waals surface area contributed by atoms with Gasteiger partial charge in [-0.1, -0.05) is 25.1 Å². The molecule has 0 amide bonds. The molecule has 1 aliphatic heterocycles. The highest BCUT2D eigenvalue weighted by molar-refractivity contribution is 5.43. The van der Waals surface area contributed by atoms with E-state index in [1.54, 1.807) is 11.1 Å². The number of rotatable bonds is 1. The molecule has 0 unspecified atom stereocenters. The van der Waals surface area contributed by atoms with Crippen LogP contribution in [0.5, 0.6) is 0 Å². The van der Waals surface area contributed by atoms with Crippen molar-refractivity contribution in [2.75, 3.05) is 13.6 Å². The van der Waals surface area contributed by atoms with Crippen LogP contribution in [0.2, 0.25) is 0 Å². The summed E-state index contributed by atoms with van der Waals surface area (Å²) in [4.78, 5) is 2.48. The van der Waals surface area contributed by atoms with Gasteiger partial charge in [0.2, 0.25) is 0 Å². The van der Waals surface area contributed by atoms with Gasteiger partial charge in [0.1, 0.15) is 0 Å². The fraction of sp³-hybridized carbons (Fsp3) is 0.571. The van der Waals surface area contributed by atoms with Crippen molar-refractivity contribution in [3.05, 3.63) is 34.9 Å². The zero-order chi connectivity index (χ0) is 10.5. The summed E-state index contributed by atoms with van der Waals surface area (Å²) in [7, 11) is 2.25. The molecular formula is C14H19N. The largest absolute Gasteiger partial charge is 0.301 e. The Kier molecular flexibility index (Phi) is 1.93. The topological polar surface area (TPSA) is 3.24 Å². The molecule has 1 nitrogen and oxygen atoms in total. The van der Waals surface area contributed by atoms with Gasteiger partial charge in [-0.05, 0) is 43.0 Å². The number of hydrogen-bond acceptors (Lipinski definition) is 1. The maximum absolute atomic E-state index is 2.48. The van der Waals surface area contributed by atoms with Crippen LogP contribution in [0.1, 0.15) is 36.5 Å². The van der Waals surface area contributed by atoms with Gasteiger partial charge in [0.05, 0.1) is 0 Å². The minimum Gasteiger partial charge on any atom is -0.301 e. The Hall–Kier alpha value is -0.820. The van der Waals surface area contributed by atoms with E-state index in [0.29, 0.717) is 5.41 Å². The van der Waals surface area contributed by atoms with E-state index in [1.807, 2.05) is 0 Å². The van der Waals surface area contributed by atoms with Gasteiger partial charge in [-0.25, -0.2) is 0 Å². The van der Waals surface area contributed by atoms with E-state index in [2.05, 4.69) is 37.1 Å². The molecule has 1 heteroatoms. The fourth-order valence-electron chi connectivity index (χ4n) is 3.04. The summed E-state index contributed by atoms with van der Waals surface area (Å²) >= 11 is 0. The Labute approximate surface area is 92.1 Å². The molecule has 1 spiro atoms. The average Bonchev–Trinajstić information content (AvgIpc) is 2.97. The van der Waals surface area contributed by atoms with Crippen LogP contribution in [0.4, 0.5) is 0 Å². The molecule has 1 saturated carbocycles. The first-order valence-electron chi connectivity index (χ1n) is 6.04. The third-order valence-electron chi connectivity index (χ3n) is 4.02. The van der Waals surface area contributed by atoms with Gasteiger partial charge in [0.25, 0.3) is 0 Å². The summed E-state index contributed by atoms with van der Waals surface area (Å²) in [6.45, 7) is 4.65.